The highest BCUT2D eigenvalue weighted by molar-refractivity contribution is 5.90. The SMILES string of the molecule is Cc1cccc(Oc2ccc(NC(=O)CCOCC(F)(F)F)cc2)c1. The molecule has 0 atom stereocenters. The Labute approximate surface area is 143 Å². The van der Waals surface area contributed by atoms with Crippen LogP contribution >= 0.6 is 0 Å². The van der Waals surface area contributed by atoms with Crippen LogP contribution in [0.2, 0.25) is 0 Å². The van der Waals surface area contributed by atoms with E-state index in [1.165, 1.54) is 0 Å². The summed E-state index contributed by atoms with van der Waals surface area (Å²) in [4.78, 5) is 11.6. The van der Waals surface area contributed by atoms with Gasteiger partial charge in [-0.1, -0.05) is 12.1 Å². The van der Waals surface area contributed by atoms with Gasteiger partial charge in [0.2, 0.25) is 5.91 Å². The van der Waals surface area contributed by atoms with Crippen LogP contribution in [-0.4, -0.2) is 25.3 Å². The van der Waals surface area contributed by atoms with Crippen molar-refractivity contribution in [2.45, 2.75) is 19.5 Å². The fourth-order valence-electron chi connectivity index (χ4n) is 2.00. The number of carbonyl (C=O) groups is 1. The largest absolute Gasteiger partial charge is 0.457 e. The van der Waals surface area contributed by atoms with Crippen molar-refractivity contribution in [3.8, 4) is 11.5 Å². The predicted octanol–water partition coefficient (Wildman–Crippen LogP) is 4.69. The molecule has 7 heteroatoms. The molecule has 0 spiro atoms. The number of hydrogen-bond acceptors (Lipinski definition) is 3. The second-order valence-electron chi connectivity index (χ2n) is 5.41. The highest BCUT2D eigenvalue weighted by Gasteiger charge is 2.27. The van der Waals surface area contributed by atoms with Crippen LogP contribution in [0.4, 0.5) is 18.9 Å². The normalized spacial score (nSPS) is 11.2. The summed E-state index contributed by atoms with van der Waals surface area (Å²) in [6.45, 7) is 0.315. The molecule has 0 saturated carbocycles. The van der Waals surface area contributed by atoms with E-state index >= 15 is 0 Å². The van der Waals surface area contributed by atoms with E-state index < -0.39 is 18.7 Å². The van der Waals surface area contributed by atoms with E-state index in [0.29, 0.717) is 17.2 Å². The average molecular weight is 353 g/mol. The topological polar surface area (TPSA) is 47.6 Å². The zero-order chi connectivity index (χ0) is 18.3. The van der Waals surface area contributed by atoms with Gasteiger partial charge in [0.1, 0.15) is 18.1 Å². The molecule has 0 aliphatic heterocycles. The van der Waals surface area contributed by atoms with Crippen LogP contribution in [0.5, 0.6) is 11.5 Å². The van der Waals surface area contributed by atoms with E-state index in [4.69, 9.17) is 4.74 Å². The number of alkyl halides is 3. The van der Waals surface area contributed by atoms with Crippen molar-refractivity contribution in [3.63, 3.8) is 0 Å². The highest BCUT2D eigenvalue weighted by atomic mass is 19.4. The molecule has 2 aromatic carbocycles. The number of halogens is 3. The second-order valence-corrected chi connectivity index (χ2v) is 5.41. The van der Waals surface area contributed by atoms with E-state index in [0.717, 1.165) is 5.56 Å². The van der Waals surface area contributed by atoms with Gasteiger partial charge in [0.25, 0.3) is 0 Å². The number of ether oxygens (including phenoxy) is 2. The van der Waals surface area contributed by atoms with Crippen molar-refractivity contribution in [1.82, 2.24) is 0 Å². The Bertz CT molecular complexity index is 699. The van der Waals surface area contributed by atoms with Gasteiger partial charge in [-0.3, -0.25) is 4.79 Å². The van der Waals surface area contributed by atoms with Gasteiger partial charge < -0.3 is 14.8 Å². The lowest BCUT2D eigenvalue weighted by Gasteiger charge is -2.09. The molecular formula is C18H18F3NO3. The summed E-state index contributed by atoms with van der Waals surface area (Å²) in [6.07, 6.45) is -4.54. The van der Waals surface area contributed by atoms with Crippen LogP contribution in [-0.2, 0) is 9.53 Å². The average Bonchev–Trinajstić information content (AvgIpc) is 2.53. The molecule has 25 heavy (non-hydrogen) atoms. The number of rotatable bonds is 7. The lowest BCUT2D eigenvalue weighted by Crippen LogP contribution is -2.20. The molecule has 0 radical (unpaired) electrons. The van der Waals surface area contributed by atoms with Gasteiger partial charge in [-0.05, 0) is 48.9 Å². The molecular weight excluding hydrogens is 335 g/mol. The third-order valence-corrected chi connectivity index (χ3v) is 3.10. The van der Waals surface area contributed by atoms with Gasteiger partial charge in [-0.15, -0.1) is 0 Å². The molecule has 2 rings (SSSR count). The predicted molar refractivity (Wildman–Crippen MR) is 87.8 cm³/mol. The standard InChI is InChI=1S/C18H18F3NO3/c1-13-3-2-4-16(11-13)25-15-7-5-14(6-8-15)22-17(23)9-10-24-12-18(19,20)21/h2-8,11H,9-10,12H2,1H3,(H,22,23). The minimum absolute atomic E-state index is 0.155. The van der Waals surface area contributed by atoms with Crippen LogP contribution in [0.15, 0.2) is 48.5 Å². The Hall–Kier alpha value is -2.54. The molecule has 0 bridgehead atoms. The Balaban J connectivity index is 1.78. The Morgan fingerprint density at radius 1 is 1.08 bits per heavy atom. The van der Waals surface area contributed by atoms with E-state index in [1.54, 1.807) is 24.3 Å². The smallest absolute Gasteiger partial charge is 0.411 e. The van der Waals surface area contributed by atoms with Crippen molar-refractivity contribution in [1.29, 1.82) is 0 Å². The molecule has 0 aliphatic rings. The number of anilines is 1. The Morgan fingerprint density at radius 2 is 1.80 bits per heavy atom. The quantitative estimate of drug-likeness (QED) is 0.734. The molecule has 0 aliphatic carbocycles. The van der Waals surface area contributed by atoms with E-state index in [-0.39, 0.29) is 13.0 Å². The number of carbonyl (C=O) groups excluding carboxylic acids is 1. The van der Waals surface area contributed by atoms with Crippen molar-refractivity contribution in [3.05, 3.63) is 54.1 Å². The molecule has 0 fully saturated rings. The van der Waals surface area contributed by atoms with Crippen molar-refractivity contribution in [2.24, 2.45) is 0 Å². The molecule has 2 aromatic rings. The number of amides is 1. The van der Waals surface area contributed by atoms with Crippen LogP contribution in [0.25, 0.3) is 0 Å². The zero-order valence-corrected chi connectivity index (χ0v) is 13.6. The number of hydrogen-bond donors (Lipinski definition) is 1. The van der Waals surface area contributed by atoms with E-state index in [2.05, 4.69) is 10.1 Å². The maximum Gasteiger partial charge on any atom is 0.411 e. The van der Waals surface area contributed by atoms with Crippen LogP contribution in [0, 0.1) is 6.92 Å². The molecule has 1 N–H and O–H groups in total. The van der Waals surface area contributed by atoms with Crippen molar-refractivity contribution >= 4 is 11.6 Å². The van der Waals surface area contributed by atoms with Crippen LogP contribution < -0.4 is 10.1 Å². The number of nitrogens with one attached hydrogen (secondary N) is 1. The monoisotopic (exact) mass is 353 g/mol. The van der Waals surface area contributed by atoms with Gasteiger partial charge in [0.05, 0.1) is 13.0 Å². The first-order valence-electron chi connectivity index (χ1n) is 7.61. The van der Waals surface area contributed by atoms with Gasteiger partial charge in [0, 0.05) is 5.69 Å². The minimum Gasteiger partial charge on any atom is -0.457 e. The Kier molecular flexibility index (Phi) is 6.41. The minimum atomic E-state index is -4.39. The molecule has 0 aromatic heterocycles. The second kappa shape index (κ2) is 8.53. The summed E-state index contributed by atoms with van der Waals surface area (Å²) < 4.78 is 45.8. The molecule has 4 nitrogen and oxygen atoms in total. The molecule has 0 saturated heterocycles. The maximum absolute atomic E-state index is 11.9. The third-order valence-electron chi connectivity index (χ3n) is 3.10. The van der Waals surface area contributed by atoms with Crippen LogP contribution in [0.3, 0.4) is 0 Å². The first-order chi connectivity index (χ1) is 11.8. The van der Waals surface area contributed by atoms with Crippen molar-refractivity contribution < 1.29 is 27.4 Å². The number of aryl methyl sites for hydroxylation is 1. The zero-order valence-electron chi connectivity index (χ0n) is 13.6. The van der Waals surface area contributed by atoms with E-state index in [1.807, 2.05) is 31.2 Å². The van der Waals surface area contributed by atoms with Crippen molar-refractivity contribution in [2.75, 3.05) is 18.5 Å². The summed E-state index contributed by atoms with van der Waals surface area (Å²) in [5.41, 5.74) is 1.60. The lowest BCUT2D eigenvalue weighted by molar-refractivity contribution is -0.174. The van der Waals surface area contributed by atoms with Gasteiger partial charge in [0.15, 0.2) is 0 Å². The summed E-state index contributed by atoms with van der Waals surface area (Å²) in [7, 11) is 0. The first-order valence-corrected chi connectivity index (χ1v) is 7.61. The fourth-order valence-corrected chi connectivity index (χ4v) is 2.00. The lowest BCUT2D eigenvalue weighted by atomic mass is 10.2. The van der Waals surface area contributed by atoms with Crippen LogP contribution in [0.1, 0.15) is 12.0 Å². The van der Waals surface area contributed by atoms with Gasteiger partial charge in [-0.25, -0.2) is 0 Å². The van der Waals surface area contributed by atoms with Gasteiger partial charge in [-0.2, -0.15) is 13.2 Å². The molecule has 1 amide bonds. The third kappa shape index (κ3) is 7.26. The molecule has 134 valence electrons. The summed E-state index contributed by atoms with van der Waals surface area (Å²) in [5.74, 6) is 0.894. The highest BCUT2D eigenvalue weighted by Crippen LogP contribution is 2.23. The number of benzene rings is 2. The summed E-state index contributed by atoms with van der Waals surface area (Å²) in [5, 5.41) is 2.58. The van der Waals surface area contributed by atoms with Gasteiger partial charge >= 0.3 is 6.18 Å². The first kappa shape index (κ1) is 18.8. The summed E-state index contributed by atoms with van der Waals surface area (Å²) in [6, 6.07) is 14.3. The fraction of sp³-hybridized carbons (Fsp3) is 0.278. The Morgan fingerprint density at radius 3 is 2.44 bits per heavy atom. The summed E-state index contributed by atoms with van der Waals surface area (Å²) >= 11 is 0. The molecule has 0 unspecified atom stereocenters. The van der Waals surface area contributed by atoms with E-state index in [9.17, 15) is 18.0 Å². The maximum atomic E-state index is 11.9. The molecule has 0 heterocycles.